The van der Waals surface area contributed by atoms with Gasteiger partial charge in [-0.1, -0.05) is 6.07 Å². The summed E-state index contributed by atoms with van der Waals surface area (Å²) in [6.07, 6.45) is 0. The zero-order chi connectivity index (χ0) is 13.8. The quantitative estimate of drug-likeness (QED) is 0.839. The Morgan fingerprint density at radius 2 is 2.21 bits per heavy atom. The average Bonchev–Trinajstić information content (AvgIpc) is 2.81. The molecular weight excluding hydrogens is 252 g/mol. The van der Waals surface area contributed by atoms with Gasteiger partial charge in [-0.3, -0.25) is 0 Å². The SMILES string of the molecule is Cc1ccc(-c2nnc(COCC(=O)O)o2)cc1O. The number of nitrogens with zero attached hydrogens (tertiary/aromatic N) is 2. The van der Waals surface area contributed by atoms with E-state index in [1.54, 1.807) is 19.1 Å². The molecule has 7 nitrogen and oxygen atoms in total. The van der Waals surface area contributed by atoms with Crippen LogP contribution in [0, 0.1) is 6.92 Å². The van der Waals surface area contributed by atoms with Gasteiger partial charge in [-0.25, -0.2) is 4.79 Å². The van der Waals surface area contributed by atoms with E-state index in [9.17, 15) is 9.90 Å². The third-order valence-electron chi connectivity index (χ3n) is 2.37. The molecule has 0 unspecified atom stereocenters. The van der Waals surface area contributed by atoms with E-state index in [4.69, 9.17) is 14.3 Å². The minimum absolute atomic E-state index is 0.0723. The fourth-order valence-electron chi connectivity index (χ4n) is 1.40. The van der Waals surface area contributed by atoms with Gasteiger partial charge in [0.2, 0.25) is 11.8 Å². The van der Waals surface area contributed by atoms with Gasteiger partial charge < -0.3 is 19.4 Å². The van der Waals surface area contributed by atoms with Crippen LogP contribution in [0.5, 0.6) is 5.75 Å². The van der Waals surface area contributed by atoms with Gasteiger partial charge in [-0.15, -0.1) is 10.2 Å². The van der Waals surface area contributed by atoms with Crippen LogP contribution in [0.2, 0.25) is 0 Å². The van der Waals surface area contributed by atoms with Gasteiger partial charge in [0.25, 0.3) is 0 Å². The molecule has 0 amide bonds. The summed E-state index contributed by atoms with van der Waals surface area (Å²) in [5, 5.41) is 25.5. The molecule has 0 atom stereocenters. The summed E-state index contributed by atoms with van der Waals surface area (Å²) in [4.78, 5) is 10.3. The number of aliphatic carboxylic acids is 1. The maximum atomic E-state index is 10.3. The number of phenolic OH excluding ortho intramolecular Hbond substituents is 1. The number of hydrogen-bond donors (Lipinski definition) is 2. The van der Waals surface area contributed by atoms with Gasteiger partial charge in [0.05, 0.1) is 0 Å². The van der Waals surface area contributed by atoms with E-state index in [0.717, 1.165) is 5.56 Å². The van der Waals surface area contributed by atoms with Crippen LogP contribution in [0.15, 0.2) is 22.6 Å². The number of aromatic nitrogens is 2. The summed E-state index contributed by atoms with van der Waals surface area (Å²) in [6, 6.07) is 4.99. The molecule has 19 heavy (non-hydrogen) atoms. The summed E-state index contributed by atoms with van der Waals surface area (Å²) < 4.78 is 10.1. The van der Waals surface area contributed by atoms with Gasteiger partial charge in [-0.2, -0.15) is 0 Å². The van der Waals surface area contributed by atoms with E-state index >= 15 is 0 Å². The zero-order valence-corrected chi connectivity index (χ0v) is 10.2. The summed E-state index contributed by atoms with van der Waals surface area (Å²) in [5.74, 6) is -0.511. The van der Waals surface area contributed by atoms with Crippen molar-refractivity contribution in [2.45, 2.75) is 13.5 Å². The molecule has 2 N–H and O–H groups in total. The van der Waals surface area contributed by atoms with Crippen LogP contribution in [-0.4, -0.2) is 33.0 Å². The molecule has 2 aromatic rings. The highest BCUT2D eigenvalue weighted by molar-refractivity contribution is 5.67. The number of carbonyl (C=O) groups is 1. The monoisotopic (exact) mass is 264 g/mol. The van der Waals surface area contributed by atoms with Crippen LogP contribution in [0.4, 0.5) is 0 Å². The lowest BCUT2D eigenvalue weighted by Crippen LogP contribution is -2.06. The molecule has 0 radical (unpaired) electrons. The molecule has 1 aromatic heterocycles. The molecule has 2 rings (SSSR count). The second-order valence-electron chi connectivity index (χ2n) is 3.89. The van der Waals surface area contributed by atoms with Crippen molar-refractivity contribution in [3.63, 3.8) is 0 Å². The van der Waals surface area contributed by atoms with Crippen LogP contribution in [0.25, 0.3) is 11.5 Å². The fourth-order valence-corrected chi connectivity index (χ4v) is 1.40. The Balaban J connectivity index is 2.07. The van der Waals surface area contributed by atoms with E-state index in [1.807, 2.05) is 0 Å². The molecule has 1 heterocycles. The van der Waals surface area contributed by atoms with Crippen molar-refractivity contribution in [2.75, 3.05) is 6.61 Å². The summed E-state index contributed by atoms with van der Waals surface area (Å²) in [6.45, 7) is 1.28. The molecule has 7 heteroatoms. The Hall–Kier alpha value is -2.41. The number of benzene rings is 1. The molecule has 0 saturated heterocycles. The van der Waals surface area contributed by atoms with Crippen molar-refractivity contribution in [1.29, 1.82) is 0 Å². The van der Waals surface area contributed by atoms with Crippen LogP contribution in [-0.2, 0) is 16.1 Å². The van der Waals surface area contributed by atoms with Crippen LogP contribution >= 0.6 is 0 Å². The second-order valence-corrected chi connectivity index (χ2v) is 3.89. The Labute approximate surface area is 108 Å². The van der Waals surface area contributed by atoms with Crippen LogP contribution in [0.1, 0.15) is 11.5 Å². The molecule has 0 fully saturated rings. The van der Waals surface area contributed by atoms with Crippen molar-refractivity contribution >= 4 is 5.97 Å². The number of rotatable bonds is 5. The molecule has 0 aliphatic carbocycles. The Bertz CT molecular complexity index is 594. The number of hydrogen-bond acceptors (Lipinski definition) is 6. The zero-order valence-electron chi connectivity index (χ0n) is 10.2. The van der Waals surface area contributed by atoms with Crippen molar-refractivity contribution in [1.82, 2.24) is 10.2 Å². The first-order valence-electron chi connectivity index (χ1n) is 5.48. The summed E-state index contributed by atoms with van der Waals surface area (Å²) in [5.41, 5.74) is 1.33. The number of ether oxygens (including phenoxy) is 1. The standard InChI is InChI=1S/C12H12N2O5/c1-7-2-3-8(4-9(7)15)12-14-13-10(19-12)5-18-6-11(16)17/h2-4,15H,5-6H2,1H3,(H,16,17). The van der Waals surface area contributed by atoms with E-state index in [1.165, 1.54) is 6.07 Å². The molecular formula is C12H12N2O5. The summed E-state index contributed by atoms with van der Waals surface area (Å²) >= 11 is 0. The second kappa shape index (κ2) is 5.49. The average molecular weight is 264 g/mol. The van der Waals surface area contributed by atoms with Gasteiger partial charge in [-0.05, 0) is 24.6 Å². The van der Waals surface area contributed by atoms with Crippen molar-refractivity contribution in [3.05, 3.63) is 29.7 Å². The molecule has 0 bridgehead atoms. The number of aryl methyl sites for hydroxylation is 1. The maximum Gasteiger partial charge on any atom is 0.329 e. The van der Waals surface area contributed by atoms with Crippen molar-refractivity contribution in [2.24, 2.45) is 0 Å². The summed E-state index contributed by atoms with van der Waals surface area (Å²) in [7, 11) is 0. The highest BCUT2D eigenvalue weighted by Gasteiger charge is 2.10. The van der Waals surface area contributed by atoms with Crippen LogP contribution in [0.3, 0.4) is 0 Å². The molecule has 0 saturated carbocycles. The topological polar surface area (TPSA) is 106 Å². The Morgan fingerprint density at radius 1 is 1.42 bits per heavy atom. The van der Waals surface area contributed by atoms with Crippen LogP contribution < -0.4 is 0 Å². The molecule has 0 aliphatic rings. The van der Waals surface area contributed by atoms with Gasteiger partial charge in [0.15, 0.2) is 0 Å². The highest BCUT2D eigenvalue weighted by atomic mass is 16.5. The normalized spacial score (nSPS) is 10.6. The van der Waals surface area contributed by atoms with Crippen molar-refractivity contribution < 1.29 is 24.2 Å². The third-order valence-corrected chi connectivity index (χ3v) is 2.37. The predicted molar refractivity (Wildman–Crippen MR) is 63.4 cm³/mol. The first-order chi connectivity index (χ1) is 9.06. The number of aromatic hydroxyl groups is 1. The Kier molecular flexibility index (Phi) is 3.76. The minimum Gasteiger partial charge on any atom is -0.508 e. The van der Waals surface area contributed by atoms with Gasteiger partial charge in [0, 0.05) is 5.56 Å². The molecule has 100 valence electrons. The number of carboxylic acids is 1. The first kappa shape index (κ1) is 13.0. The van der Waals surface area contributed by atoms with Gasteiger partial charge in [0.1, 0.15) is 19.0 Å². The lowest BCUT2D eigenvalue weighted by Gasteiger charge is -1.99. The fraction of sp³-hybridized carbons (Fsp3) is 0.250. The van der Waals surface area contributed by atoms with Gasteiger partial charge >= 0.3 is 5.97 Å². The molecule has 0 spiro atoms. The number of phenols is 1. The Morgan fingerprint density at radius 3 is 2.89 bits per heavy atom. The minimum atomic E-state index is -1.07. The largest absolute Gasteiger partial charge is 0.508 e. The van der Waals surface area contributed by atoms with E-state index in [0.29, 0.717) is 5.56 Å². The van der Waals surface area contributed by atoms with Crippen molar-refractivity contribution in [3.8, 4) is 17.2 Å². The lowest BCUT2D eigenvalue weighted by molar-refractivity contribution is -0.142. The molecule has 1 aromatic carbocycles. The first-order valence-corrected chi connectivity index (χ1v) is 5.48. The lowest BCUT2D eigenvalue weighted by atomic mass is 10.1. The maximum absolute atomic E-state index is 10.3. The van der Waals surface area contributed by atoms with E-state index in [2.05, 4.69) is 10.2 Å². The van der Waals surface area contributed by atoms with E-state index in [-0.39, 0.29) is 24.1 Å². The molecule has 0 aliphatic heterocycles. The predicted octanol–water partition coefficient (Wildman–Crippen LogP) is 1.35. The third kappa shape index (κ3) is 3.29. The van der Waals surface area contributed by atoms with E-state index < -0.39 is 12.6 Å². The number of carboxylic acid groups (broad SMARTS) is 1. The smallest absolute Gasteiger partial charge is 0.329 e. The highest BCUT2D eigenvalue weighted by Crippen LogP contribution is 2.25.